The van der Waals surface area contributed by atoms with Crippen LogP contribution in [0.4, 0.5) is 0 Å². The van der Waals surface area contributed by atoms with E-state index in [1.165, 1.54) is 20.9 Å². The molecule has 17 heavy (non-hydrogen) atoms. The molecule has 7 heteroatoms. The van der Waals surface area contributed by atoms with Gasteiger partial charge in [0, 0.05) is 13.5 Å². The number of carboxylic acids is 1. The van der Waals surface area contributed by atoms with Crippen molar-refractivity contribution < 1.29 is 14.7 Å². The quantitative estimate of drug-likeness (QED) is 0.788. The van der Waals surface area contributed by atoms with Crippen LogP contribution >= 0.6 is 0 Å². The summed E-state index contributed by atoms with van der Waals surface area (Å²) in [7, 11) is 1.42. The fraction of sp³-hybridized carbons (Fsp3) is 0.600. The summed E-state index contributed by atoms with van der Waals surface area (Å²) in [6.45, 7) is 4.76. The zero-order valence-corrected chi connectivity index (χ0v) is 10.3. The van der Waals surface area contributed by atoms with Crippen LogP contribution in [0, 0.1) is 0 Å². The van der Waals surface area contributed by atoms with Crippen molar-refractivity contribution in [2.75, 3.05) is 7.05 Å². The van der Waals surface area contributed by atoms with Crippen molar-refractivity contribution >= 4 is 11.9 Å². The number of carboxylic acid groups (broad SMARTS) is 1. The van der Waals surface area contributed by atoms with E-state index in [1.807, 2.05) is 6.92 Å². The fourth-order valence-corrected chi connectivity index (χ4v) is 1.10. The lowest BCUT2D eigenvalue weighted by Gasteiger charge is -2.30. The summed E-state index contributed by atoms with van der Waals surface area (Å²) in [6.07, 6.45) is 0.631. The maximum Gasteiger partial charge on any atom is 0.329 e. The first-order chi connectivity index (χ1) is 7.80. The van der Waals surface area contributed by atoms with Crippen LogP contribution in [-0.2, 0) is 11.2 Å². The lowest BCUT2D eigenvalue weighted by atomic mass is 10.0. The Morgan fingerprint density at radius 3 is 2.47 bits per heavy atom. The van der Waals surface area contributed by atoms with Crippen LogP contribution in [0.1, 0.15) is 37.2 Å². The summed E-state index contributed by atoms with van der Waals surface area (Å²) in [6, 6.07) is 0. The molecular formula is C10H16N4O3. The molecule has 7 nitrogen and oxygen atoms in total. The summed E-state index contributed by atoms with van der Waals surface area (Å²) >= 11 is 0. The largest absolute Gasteiger partial charge is 0.480 e. The molecule has 0 aliphatic rings. The summed E-state index contributed by atoms with van der Waals surface area (Å²) in [5.41, 5.74) is -1.30. The zero-order valence-electron chi connectivity index (χ0n) is 10.3. The molecular weight excluding hydrogens is 224 g/mol. The molecule has 0 fully saturated rings. The number of hydrogen-bond acceptors (Lipinski definition) is 4. The first kappa shape index (κ1) is 13.1. The maximum atomic E-state index is 11.9. The Hall–Kier alpha value is -1.92. The number of aromatic nitrogens is 3. The topological polar surface area (TPSA) is 99.2 Å². The second-order valence-electron chi connectivity index (χ2n) is 4.19. The Morgan fingerprint density at radius 1 is 1.47 bits per heavy atom. The van der Waals surface area contributed by atoms with E-state index in [2.05, 4.69) is 15.2 Å². The number of aliphatic carboxylic acids is 1. The Balaban J connectivity index is 2.94. The maximum absolute atomic E-state index is 11.9. The molecule has 0 bridgehead atoms. The molecule has 0 aliphatic heterocycles. The number of aromatic amines is 1. The van der Waals surface area contributed by atoms with Crippen LogP contribution in [0.15, 0.2) is 0 Å². The highest BCUT2D eigenvalue weighted by Crippen LogP contribution is 2.14. The smallest absolute Gasteiger partial charge is 0.329 e. The molecule has 1 heterocycles. The van der Waals surface area contributed by atoms with E-state index in [-0.39, 0.29) is 5.82 Å². The Bertz CT molecular complexity index is 439. The highest BCUT2D eigenvalue weighted by atomic mass is 16.4. The first-order valence-corrected chi connectivity index (χ1v) is 5.23. The summed E-state index contributed by atoms with van der Waals surface area (Å²) in [5.74, 6) is -1.03. The predicted molar refractivity (Wildman–Crippen MR) is 59.6 cm³/mol. The molecule has 0 radical (unpaired) electrons. The average molecular weight is 240 g/mol. The third kappa shape index (κ3) is 2.43. The SMILES string of the molecule is CCc1nc(C(=O)N(C)C(C)(C)C(=O)O)n[nH]1. The van der Waals surface area contributed by atoms with Gasteiger partial charge in [-0.2, -0.15) is 0 Å². The monoisotopic (exact) mass is 240 g/mol. The molecule has 94 valence electrons. The molecule has 1 amide bonds. The number of aryl methyl sites for hydroxylation is 1. The molecule has 1 aromatic heterocycles. The minimum atomic E-state index is -1.30. The van der Waals surface area contributed by atoms with E-state index < -0.39 is 17.4 Å². The number of nitrogens with zero attached hydrogens (tertiary/aromatic N) is 3. The van der Waals surface area contributed by atoms with E-state index in [1.54, 1.807) is 0 Å². The normalized spacial score (nSPS) is 11.3. The molecule has 1 rings (SSSR count). The van der Waals surface area contributed by atoms with Crippen LogP contribution in [0.5, 0.6) is 0 Å². The molecule has 0 saturated heterocycles. The first-order valence-electron chi connectivity index (χ1n) is 5.23. The van der Waals surface area contributed by atoms with Gasteiger partial charge in [0.05, 0.1) is 0 Å². The van der Waals surface area contributed by atoms with Crippen molar-refractivity contribution in [3.8, 4) is 0 Å². The second kappa shape index (κ2) is 4.52. The van der Waals surface area contributed by atoms with E-state index in [0.29, 0.717) is 12.2 Å². The number of hydrogen-bond donors (Lipinski definition) is 2. The standard InChI is InChI=1S/C10H16N4O3/c1-5-6-11-7(13-12-6)8(15)14(4)10(2,3)9(16)17/h5H2,1-4H3,(H,16,17)(H,11,12,13). The average Bonchev–Trinajstić information content (AvgIpc) is 2.75. The van der Waals surface area contributed by atoms with Crippen molar-refractivity contribution in [3.05, 3.63) is 11.6 Å². The van der Waals surface area contributed by atoms with Crippen LogP contribution < -0.4 is 0 Å². The van der Waals surface area contributed by atoms with Gasteiger partial charge in [0.2, 0.25) is 5.82 Å². The van der Waals surface area contributed by atoms with Gasteiger partial charge >= 0.3 is 5.97 Å². The van der Waals surface area contributed by atoms with Gasteiger partial charge in [-0.05, 0) is 13.8 Å². The summed E-state index contributed by atoms with van der Waals surface area (Å²) in [4.78, 5) is 28.0. The molecule has 0 atom stereocenters. The molecule has 0 spiro atoms. The minimum Gasteiger partial charge on any atom is -0.480 e. The van der Waals surface area contributed by atoms with Crippen molar-refractivity contribution in [3.63, 3.8) is 0 Å². The number of likely N-dealkylation sites (N-methyl/N-ethyl adjacent to an activating group) is 1. The van der Waals surface area contributed by atoms with Crippen molar-refractivity contribution in [1.82, 2.24) is 20.1 Å². The van der Waals surface area contributed by atoms with E-state index in [0.717, 1.165) is 4.90 Å². The Labute approximate surface area is 98.8 Å². The van der Waals surface area contributed by atoms with Gasteiger partial charge in [-0.1, -0.05) is 6.92 Å². The Kier molecular flexibility index (Phi) is 3.50. The number of carbonyl (C=O) groups excluding carboxylic acids is 1. The van der Waals surface area contributed by atoms with Crippen LogP contribution in [-0.4, -0.2) is 49.7 Å². The molecule has 0 unspecified atom stereocenters. The van der Waals surface area contributed by atoms with Gasteiger partial charge in [-0.15, -0.1) is 5.10 Å². The van der Waals surface area contributed by atoms with Crippen molar-refractivity contribution in [1.29, 1.82) is 0 Å². The summed E-state index contributed by atoms with van der Waals surface area (Å²) < 4.78 is 0. The van der Waals surface area contributed by atoms with Crippen molar-refractivity contribution in [2.24, 2.45) is 0 Å². The van der Waals surface area contributed by atoms with E-state index >= 15 is 0 Å². The number of rotatable bonds is 4. The highest BCUT2D eigenvalue weighted by Gasteiger charge is 2.36. The van der Waals surface area contributed by atoms with E-state index in [9.17, 15) is 9.59 Å². The van der Waals surface area contributed by atoms with Gasteiger partial charge in [-0.25, -0.2) is 9.78 Å². The molecule has 0 aromatic carbocycles. The molecule has 0 aliphatic carbocycles. The minimum absolute atomic E-state index is 0.0151. The molecule has 1 aromatic rings. The number of amides is 1. The second-order valence-corrected chi connectivity index (χ2v) is 4.19. The van der Waals surface area contributed by atoms with Gasteiger partial charge in [-0.3, -0.25) is 9.89 Å². The highest BCUT2D eigenvalue weighted by molar-refractivity contribution is 5.94. The van der Waals surface area contributed by atoms with Gasteiger partial charge < -0.3 is 10.0 Å². The van der Waals surface area contributed by atoms with Gasteiger partial charge in [0.1, 0.15) is 11.4 Å². The van der Waals surface area contributed by atoms with Crippen LogP contribution in [0.25, 0.3) is 0 Å². The van der Waals surface area contributed by atoms with Crippen LogP contribution in [0.3, 0.4) is 0 Å². The number of nitrogens with one attached hydrogen (secondary N) is 1. The lowest BCUT2D eigenvalue weighted by molar-refractivity contribution is -0.147. The molecule has 0 saturated carbocycles. The van der Waals surface area contributed by atoms with Gasteiger partial charge in [0.25, 0.3) is 5.91 Å². The van der Waals surface area contributed by atoms with E-state index in [4.69, 9.17) is 5.11 Å². The predicted octanol–water partition coefficient (Wildman–Crippen LogP) is 0.302. The fourth-order valence-electron chi connectivity index (χ4n) is 1.10. The third-order valence-electron chi connectivity index (χ3n) is 2.72. The van der Waals surface area contributed by atoms with Crippen molar-refractivity contribution in [2.45, 2.75) is 32.7 Å². The summed E-state index contributed by atoms with van der Waals surface area (Å²) in [5, 5.41) is 15.4. The third-order valence-corrected chi connectivity index (χ3v) is 2.72. The number of carbonyl (C=O) groups is 2. The number of H-pyrrole nitrogens is 1. The molecule has 2 N–H and O–H groups in total. The van der Waals surface area contributed by atoms with Crippen LogP contribution in [0.2, 0.25) is 0 Å². The Morgan fingerprint density at radius 2 is 2.06 bits per heavy atom. The van der Waals surface area contributed by atoms with Gasteiger partial charge in [0.15, 0.2) is 0 Å². The lowest BCUT2D eigenvalue weighted by Crippen LogP contribution is -2.51. The zero-order chi connectivity index (χ0) is 13.2.